The fourth-order valence-corrected chi connectivity index (χ4v) is 5.10. The summed E-state index contributed by atoms with van der Waals surface area (Å²) < 4.78 is 53.2. The third kappa shape index (κ3) is 4.65. The first-order valence-corrected chi connectivity index (χ1v) is 12.6. The molecule has 5 aromatic rings. The number of aromatic nitrogens is 3. The molecule has 36 heavy (non-hydrogen) atoms. The smallest absolute Gasteiger partial charge is 0.263 e. The number of pyridine rings is 2. The summed E-state index contributed by atoms with van der Waals surface area (Å²) in [5.74, 6) is -0.318. The Balaban J connectivity index is 1.52. The Kier molecular flexibility index (Phi) is 6.16. The third-order valence-corrected chi connectivity index (χ3v) is 7.10. The van der Waals surface area contributed by atoms with Gasteiger partial charge in [-0.15, -0.1) is 11.3 Å². The van der Waals surface area contributed by atoms with Gasteiger partial charge in [-0.25, -0.2) is 23.4 Å². The third-order valence-electron chi connectivity index (χ3n) is 4.94. The van der Waals surface area contributed by atoms with Crippen LogP contribution in [0.15, 0.2) is 88.1 Å². The quantitative estimate of drug-likeness (QED) is 0.280. The van der Waals surface area contributed by atoms with Gasteiger partial charge in [0.25, 0.3) is 10.0 Å². The van der Waals surface area contributed by atoms with Gasteiger partial charge < -0.3 is 9.15 Å². The topological polar surface area (TPSA) is 131 Å². The molecule has 1 N–H and O–H groups in total. The van der Waals surface area contributed by atoms with E-state index in [1.165, 1.54) is 43.1 Å². The van der Waals surface area contributed by atoms with E-state index >= 15 is 0 Å². The van der Waals surface area contributed by atoms with Crippen LogP contribution >= 0.6 is 11.3 Å². The van der Waals surface area contributed by atoms with Crippen LogP contribution in [0.2, 0.25) is 0 Å². The molecule has 0 unspecified atom stereocenters. The summed E-state index contributed by atoms with van der Waals surface area (Å²) in [7, 11) is -3.96. The Hall–Kier alpha value is -4.60. The molecule has 1 aromatic carbocycles. The summed E-state index contributed by atoms with van der Waals surface area (Å²) >= 11 is 1.13. The van der Waals surface area contributed by atoms with Gasteiger partial charge in [0.15, 0.2) is 10.9 Å². The minimum Gasteiger partial charge on any atom is -0.472 e. The standard InChI is InChI=1S/C24H14FN5O4S2/c25-23-18(2-1-8-27-23)19-4-6-21(22(29-19)15-7-10-33-14-15)34-20-5-3-17(12-16(20)13-26)36(31,32)30-24-28-9-11-35-24/h1-12,14H,(H,28,30). The van der Waals surface area contributed by atoms with Crippen molar-refractivity contribution in [3.63, 3.8) is 0 Å². The zero-order chi connectivity index (χ0) is 25.1. The Morgan fingerprint density at radius 3 is 2.67 bits per heavy atom. The molecule has 0 radical (unpaired) electrons. The van der Waals surface area contributed by atoms with Gasteiger partial charge in [0, 0.05) is 23.3 Å². The predicted octanol–water partition coefficient (Wildman–Crippen LogP) is 5.46. The molecule has 0 spiro atoms. The van der Waals surface area contributed by atoms with Crippen molar-refractivity contribution in [3.8, 4) is 40.1 Å². The summed E-state index contributed by atoms with van der Waals surface area (Å²) in [5, 5.41) is 11.5. The van der Waals surface area contributed by atoms with Crippen molar-refractivity contribution in [2.75, 3.05) is 4.72 Å². The van der Waals surface area contributed by atoms with E-state index in [0.29, 0.717) is 17.0 Å². The number of hydrogen-bond acceptors (Lipinski definition) is 9. The first kappa shape index (κ1) is 23.2. The molecule has 0 amide bonds. The first-order chi connectivity index (χ1) is 17.4. The van der Waals surface area contributed by atoms with E-state index in [9.17, 15) is 18.1 Å². The number of thiazole rings is 1. The number of ether oxygens (including phenoxy) is 1. The molecule has 0 aliphatic rings. The lowest BCUT2D eigenvalue weighted by atomic mass is 10.1. The number of nitriles is 1. The Bertz CT molecular complexity index is 1680. The molecule has 4 heterocycles. The Morgan fingerprint density at radius 1 is 1.08 bits per heavy atom. The largest absolute Gasteiger partial charge is 0.472 e. The van der Waals surface area contributed by atoms with Gasteiger partial charge >= 0.3 is 0 Å². The van der Waals surface area contributed by atoms with Gasteiger partial charge in [-0.3, -0.25) is 4.72 Å². The number of hydrogen-bond donors (Lipinski definition) is 1. The highest BCUT2D eigenvalue weighted by molar-refractivity contribution is 7.93. The van der Waals surface area contributed by atoms with Gasteiger partial charge in [-0.1, -0.05) is 0 Å². The highest BCUT2D eigenvalue weighted by atomic mass is 32.2. The molecule has 0 saturated heterocycles. The Morgan fingerprint density at radius 2 is 1.94 bits per heavy atom. The molecule has 12 heteroatoms. The monoisotopic (exact) mass is 519 g/mol. The molecule has 178 valence electrons. The van der Waals surface area contributed by atoms with Crippen LogP contribution in [-0.2, 0) is 10.0 Å². The second-order valence-corrected chi connectivity index (χ2v) is 9.79. The molecule has 0 fully saturated rings. The zero-order valence-corrected chi connectivity index (χ0v) is 19.8. The number of benzene rings is 1. The van der Waals surface area contributed by atoms with Gasteiger partial charge in [0.1, 0.15) is 17.5 Å². The Labute approximate surface area is 208 Å². The maximum absolute atomic E-state index is 14.3. The van der Waals surface area contributed by atoms with Gasteiger partial charge in [0.05, 0.1) is 34.2 Å². The van der Waals surface area contributed by atoms with E-state index in [1.54, 1.807) is 35.7 Å². The van der Waals surface area contributed by atoms with Crippen LogP contribution in [0, 0.1) is 17.3 Å². The van der Waals surface area contributed by atoms with Crippen molar-refractivity contribution >= 4 is 26.5 Å². The second kappa shape index (κ2) is 9.57. The number of furan rings is 1. The average Bonchev–Trinajstić information content (AvgIpc) is 3.59. The second-order valence-electron chi connectivity index (χ2n) is 7.21. The zero-order valence-electron chi connectivity index (χ0n) is 18.1. The van der Waals surface area contributed by atoms with E-state index in [4.69, 9.17) is 9.15 Å². The van der Waals surface area contributed by atoms with Crippen molar-refractivity contribution in [3.05, 3.63) is 90.3 Å². The van der Waals surface area contributed by atoms with Crippen molar-refractivity contribution in [2.45, 2.75) is 4.90 Å². The highest BCUT2D eigenvalue weighted by Crippen LogP contribution is 2.36. The molecule has 9 nitrogen and oxygen atoms in total. The van der Waals surface area contributed by atoms with E-state index in [2.05, 4.69) is 19.7 Å². The number of nitrogens with zero attached hydrogens (tertiary/aromatic N) is 4. The lowest BCUT2D eigenvalue weighted by molar-refractivity contribution is 0.480. The van der Waals surface area contributed by atoms with E-state index in [0.717, 1.165) is 11.3 Å². The number of anilines is 1. The van der Waals surface area contributed by atoms with Crippen LogP contribution in [0.3, 0.4) is 0 Å². The summed E-state index contributed by atoms with van der Waals surface area (Å²) in [6.45, 7) is 0. The fraction of sp³-hybridized carbons (Fsp3) is 0. The van der Waals surface area contributed by atoms with Crippen LogP contribution in [0.1, 0.15) is 5.56 Å². The molecule has 0 bridgehead atoms. The predicted molar refractivity (Wildman–Crippen MR) is 129 cm³/mol. The minimum absolute atomic E-state index is 0.0162. The van der Waals surface area contributed by atoms with Gasteiger partial charge in [-0.2, -0.15) is 9.65 Å². The summed E-state index contributed by atoms with van der Waals surface area (Å²) in [4.78, 5) is 12.0. The fourth-order valence-electron chi connectivity index (χ4n) is 3.28. The highest BCUT2D eigenvalue weighted by Gasteiger charge is 2.20. The van der Waals surface area contributed by atoms with Crippen molar-refractivity contribution in [1.29, 1.82) is 5.26 Å². The van der Waals surface area contributed by atoms with E-state index < -0.39 is 16.0 Å². The lowest BCUT2D eigenvalue weighted by Gasteiger charge is -2.13. The SMILES string of the molecule is N#Cc1cc(S(=O)(=O)Nc2nccs2)ccc1Oc1ccc(-c2cccnc2F)nc1-c1ccoc1. The van der Waals surface area contributed by atoms with Gasteiger partial charge in [0.2, 0.25) is 5.95 Å². The van der Waals surface area contributed by atoms with Crippen LogP contribution in [-0.4, -0.2) is 23.4 Å². The maximum Gasteiger partial charge on any atom is 0.263 e. The molecule has 4 aromatic heterocycles. The summed E-state index contributed by atoms with van der Waals surface area (Å²) in [6.07, 6.45) is 5.71. The molecular weight excluding hydrogens is 505 g/mol. The van der Waals surface area contributed by atoms with Crippen molar-refractivity contribution in [1.82, 2.24) is 15.0 Å². The average molecular weight is 520 g/mol. The number of rotatable bonds is 7. The number of nitrogens with one attached hydrogen (secondary N) is 1. The maximum atomic E-state index is 14.3. The first-order valence-electron chi connectivity index (χ1n) is 10.2. The van der Waals surface area contributed by atoms with E-state index in [1.807, 2.05) is 6.07 Å². The normalized spacial score (nSPS) is 11.1. The van der Waals surface area contributed by atoms with Crippen LogP contribution in [0.5, 0.6) is 11.5 Å². The van der Waals surface area contributed by atoms with Gasteiger partial charge in [-0.05, 0) is 48.5 Å². The van der Waals surface area contributed by atoms with E-state index in [-0.39, 0.29) is 32.7 Å². The van der Waals surface area contributed by atoms with Crippen molar-refractivity contribution in [2.24, 2.45) is 0 Å². The minimum atomic E-state index is -3.96. The molecule has 0 aliphatic heterocycles. The number of halogens is 1. The summed E-state index contributed by atoms with van der Waals surface area (Å²) in [6, 6.07) is 13.8. The lowest BCUT2D eigenvalue weighted by Crippen LogP contribution is -2.13. The summed E-state index contributed by atoms with van der Waals surface area (Å²) in [5.41, 5.74) is 1.39. The van der Waals surface area contributed by atoms with Crippen LogP contribution in [0.25, 0.3) is 22.5 Å². The number of sulfonamides is 1. The van der Waals surface area contributed by atoms with Crippen molar-refractivity contribution < 1.29 is 22.0 Å². The molecule has 5 rings (SSSR count). The van der Waals surface area contributed by atoms with Crippen LogP contribution in [0.4, 0.5) is 9.52 Å². The molecule has 0 aliphatic carbocycles. The molecular formula is C24H14FN5O4S2. The van der Waals surface area contributed by atoms with Crippen LogP contribution < -0.4 is 9.46 Å². The molecule has 0 atom stereocenters. The molecule has 0 saturated carbocycles.